The standard InChI is InChI=1S/C15H18F3NO2/c1-15(21-2)4-3-6-19(7-5-15)14(20)10-8-11(16)13(18)12(17)9-10/h8-9H,3-7H2,1-2H3/t15-/m0/s1. The molecule has 0 aromatic heterocycles. The maximum absolute atomic E-state index is 13.2. The maximum atomic E-state index is 13.2. The number of benzene rings is 1. The molecular weight excluding hydrogens is 283 g/mol. The molecule has 6 heteroatoms. The average Bonchev–Trinajstić information content (AvgIpc) is 2.66. The Kier molecular flexibility index (Phi) is 4.56. The van der Waals surface area contributed by atoms with E-state index in [0.717, 1.165) is 25.0 Å². The third-order valence-corrected chi connectivity index (χ3v) is 4.05. The molecule has 1 aromatic rings. The van der Waals surface area contributed by atoms with Crippen LogP contribution in [0.5, 0.6) is 0 Å². The van der Waals surface area contributed by atoms with E-state index in [2.05, 4.69) is 0 Å². The van der Waals surface area contributed by atoms with Crippen LogP contribution in [0.4, 0.5) is 13.2 Å². The van der Waals surface area contributed by atoms with E-state index in [-0.39, 0.29) is 11.2 Å². The molecule has 0 unspecified atom stereocenters. The van der Waals surface area contributed by atoms with Crippen LogP contribution in [0.3, 0.4) is 0 Å². The number of halogens is 3. The van der Waals surface area contributed by atoms with Gasteiger partial charge >= 0.3 is 0 Å². The van der Waals surface area contributed by atoms with Crippen LogP contribution in [0.2, 0.25) is 0 Å². The van der Waals surface area contributed by atoms with Crippen molar-refractivity contribution in [3.63, 3.8) is 0 Å². The number of ether oxygens (including phenoxy) is 1. The molecule has 1 amide bonds. The van der Waals surface area contributed by atoms with Crippen molar-refractivity contribution in [2.75, 3.05) is 20.2 Å². The number of carbonyl (C=O) groups is 1. The second kappa shape index (κ2) is 6.05. The molecule has 0 aliphatic carbocycles. The zero-order valence-corrected chi connectivity index (χ0v) is 12.1. The van der Waals surface area contributed by atoms with E-state index in [9.17, 15) is 18.0 Å². The molecule has 1 saturated heterocycles. The van der Waals surface area contributed by atoms with Gasteiger partial charge in [-0.05, 0) is 38.3 Å². The summed E-state index contributed by atoms with van der Waals surface area (Å²) < 4.78 is 44.8. The average molecular weight is 301 g/mol. The van der Waals surface area contributed by atoms with Crippen LogP contribution in [0, 0.1) is 17.5 Å². The first-order valence-corrected chi connectivity index (χ1v) is 6.85. The van der Waals surface area contributed by atoms with Crippen molar-refractivity contribution in [1.29, 1.82) is 0 Å². The maximum Gasteiger partial charge on any atom is 0.254 e. The number of rotatable bonds is 2. The highest BCUT2D eigenvalue weighted by molar-refractivity contribution is 5.94. The Morgan fingerprint density at radius 3 is 2.38 bits per heavy atom. The first-order valence-electron chi connectivity index (χ1n) is 6.85. The summed E-state index contributed by atoms with van der Waals surface area (Å²) in [7, 11) is 1.63. The number of hydrogen-bond acceptors (Lipinski definition) is 2. The number of likely N-dealkylation sites (tertiary alicyclic amines) is 1. The van der Waals surface area contributed by atoms with Crippen LogP contribution in [-0.2, 0) is 4.74 Å². The highest BCUT2D eigenvalue weighted by atomic mass is 19.2. The van der Waals surface area contributed by atoms with E-state index >= 15 is 0 Å². The quantitative estimate of drug-likeness (QED) is 0.785. The highest BCUT2D eigenvalue weighted by Gasteiger charge is 2.30. The molecular formula is C15H18F3NO2. The van der Waals surface area contributed by atoms with Crippen molar-refractivity contribution in [2.45, 2.75) is 31.8 Å². The van der Waals surface area contributed by atoms with Gasteiger partial charge in [0.25, 0.3) is 5.91 Å². The van der Waals surface area contributed by atoms with Crippen LogP contribution in [-0.4, -0.2) is 36.6 Å². The summed E-state index contributed by atoms with van der Waals surface area (Å²) in [5.41, 5.74) is -0.471. The Morgan fingerprint density at radius 2 is 1.81 bits per heavy atom. The van der Waals surface area contributed by atoms with Gasteiger partial charge in [0.2, 0.25) is 0 Å². The lowest BCUT2D eigenvalue weighted by Crippen LogP contribution is -2.34. The minimum Gasteiger partial charge on any atom is -0.378 e. The van der Waals surface area contributed by atoms with Crippen molar-refractivity contribution >= 4 is 5.91 Å². The molecule has 0 saturated carbocycles. The fourth-order valence-electron chi connectivity index (χ4n) is 2.52. The lowest BCUT2D eigenvalue weighted by Gasteiger charge is -2.26. The fraction of sp³-hybridized carbons (Fsp3) is 0.533. The summed E-state index contributed by atoms with van der Waals surface area (Å²) in [5, 5.41) is 0. The lowest BCUT2D eigenvalue weighted by molar-refractivity contribution is -0.00537. The molecule has 116 valence electrons. The summed E-state index contributed by atoms with van der Waals surface area (Å²) in [6.45, 7) is 2.89. The van der Waals surface area contributed by atoms with E-state index in [1.165, 1.54) is 4.90 Å². The molecule has 1 aromatic carbocycles. The zero-order chi connectivity index (χ0) is 15.6. The SMILES string of the molecule is CO[C@@]1(C)CCCN(C(=O)c2cc(F)c(F)c(F)c2)CC1. The Bertz CT molecular complexity index is 527. The highest BCUT2D eigenvalue weighted by Crippen LogP contribution is 2.26. The molecule has 21 heavy (non-hydrogen) atoms. The van der Waals surface area contributed by atoms with Gasteiger partial charge in [-0.3, -0.25) is 4.79 Å². The summed E-state index contributed by atoms with van der Waals surface area (Å²) in [6, 6.07) is 1.47. The molecule has 1 aliphatic heterocycles. The van der Waals surface area contributed by atoms with Crippen LogP contribution >= 0.6 is 0 Å². The molecule has 0 bridgehead atoms. The van der Waals surface area contributed by atoms with E-state index < -0.39 is 23.4 Å². The van der Waals surface area contributed by atoms with E-state index in [1.54, 1.807) is 7.11 Å². The summed E-state index contributed by atoms with van der Waals surface area (Å²) in [5.74, 6) is -4.76. The van der Waals surface area contributed by atoms with E-state index in [1.807, 2.05) is 6.92 Å². The predicted octanol–water partition coefficient (Wildman–Crippen LogP) is 3.14. The van der Waals surface area contributed by atoms with Crippen LogP contribution in [0.1, 0.15) is 36.5 Å². The first-order chi connectivity index (χ1) is 9.86. The molecule has 1 heterocycles. The number of methoxy groups -OCH3 is 1. The molecule has 1 aliphatic rings. The van der Waals surface area contributed by atoms with Crippen LogP contribution in [0.15, 0.2) is 12.1 Å². The Hall–Kier alpha value is -1.56. The van der Waals surface area contributed by atoms with E-state index in [0.29, 0.717) is 19.5 Å². The number of carbonyl (C=O) groups excluding carboxylic acids is 1. The lowest BCUT2D eigenvalue weighted by atomic mass is 9.97. The van der Waals surface area contributed by atoms with Gasteiger partial charge in [0.1, 0.15) is 0 Å². The minimum atomic E-state index is -1.56. The third kappa shape index (κ3) is 3.37. The van der Waals surface area contributed by atoms with Gasteiger partial charge in [-0.25, -0.2) is 13.2 Å². The van der Waals surface area contributed by atoms with Crippen molar-refractivity contribution in [1.82, 2.24) is 4.90 Å². The van der Waals surface area contributed by atoms with Crippen molar-refractivity contribution < 1.29 is 22.7 Å². The van der Waals surface area contributed by atoms with Crippen molar-refractivity contribution in [2.24, 2.45) is 0 Å². The topological polar surface area (TPSA) is 29.5 Å². The van der Waals surface area contributed by atoms with Gasteiger partial charge in [0.15, 0.2) is 17.5 Å². The Morgan fingerprint density at radius 1 is 1.19 bits per heavy atom. The fourth-order valence-corrected chi connectivity index (χ4v) is 2.52. The van der Waals surface area contributed by atoms with Gasteiger partial charge in [-0.1, -0.05) is 0 Å². The normalized spacial score (nSPS) is 23.0. The van der Waals surface area contributed by atoms with Crippen LogP contribution in [0.25, 0.3) is 0 Å². The third-order valence-electron chi connectivity index (χ3n) is 4.05. The van der Waals surface area contributed by atoms with Gasteiger partial charge < -0.3 is 9.64 Å². The number of amides is 1. The monoisotopic (exact) mass is 301 g/mol. The summed E-state index contributed by atoms with van der Waals surface area (Å²) in [6.07, 6.45) is 2.18. The Balaban J connectivity index is 2.17. The second-order valence-electron chi connectivity index (χ2n) is 5.55. The minimum absolute atomic E-state index is 0.174. The molecule has 0 N–H and O–H groups in total. The van der Waals surface area contributed by atoms with Gasteiger partial charge in [0, 0.05) is 25.8 Å². The predicted molar refractivity (Wildman–Crippen MR) is 71.5 cm³/mol. The number of nitrogens with zero attached hydrogens (tertiary/aromatic N) is 1. The van der Waals surface area contributed by atoms with Crippen molar-refractivity contribution in [3.05, 3.63) is 35.1 Å². The molecule has 1 atom stereocenters. The second-order valence-corrected chi connectivity index (χ2v) is 5.55. The molecule has 2 rings (SSSR count). The molecule has 0 spiro atoms. The van der Waals surface area contributed by atoms with Crippen LogP contribution < -0.4 is 0 Å². The molecule has 0 radical (unpaired) electrons. The Labute approximate surface area is 121 Å². The van der Waals surface area contributed by atoms with Gasteiger partial charge in [0.05, 0.1) is 5.60 Å². The molecule has 3 nitrogen and oxygen atoms in total. The summed E-state index contributed by atoms with van der Waals surface area (Å²) in [4.78, 5) is 13.8. The smallest absolute Gasteiger partial charge is 0.254 e. The van der Waals surface area contributed by atoms with Gasteiger partial charge in [-0.2, -0.15) is 0 Å². The van der Waals surface area contributed by atoms with Gasteiger partial charge in [-0.15, -0.1) is 0 Å². The van der Waals surface area contributed by atoms with Crippen molar-refractivity contribution in [3.8, 4) is 0 Å². The summed E-state index contributed by atoms with van der Waals surface area (Å²) >= 11 is 0. The largest absolute Gasteiger partial charge is 0.378 e. The zero-order valence-electron chi connectivity index (χ0n) is 12.1. The number of hydrogen-bond donors (Lipinski definition) is 0. The molecule has 1 fully saturated rings. The van der Waals surface area contributed by atoms with E-state index in [4.69, 9.17) is 4.74 Å². The first kappa shape index (κ1) is 15.8.